The third-order valence-electron chi connectivity index (χ3n) is 3.42. The Morgan fingerprint density at radius 1 is 1.09 bits per heavy atom. The van der Waals surface area contributed by atoms with Crippen LogP contribution in [0.2, 0.25) is 0 Å². The van der Waals surface area contributed by atoms with E-state index in [2.05, 4.69) is 15.0 Å². The van der Waals surface area contributed by atoms with Crippen molar-refractivity contribution in [2.75, 3.05) is 12.8 Å². The van der Waals surface area contributed by atoms with Crippen molar-refractivity contribution in [2.24, 2.45) is 0 Å². The number of rotatable bonds is 5. The molecule has 0 saturated heterocycles. The Bertz CT molecular complexity index is 739. The molecule has 1 aromatic carbocycles. The fraction of sp³-hybridized carbons (Fsp3) is 0.176. The molecular weight excluding hydrogens is 276 g/mol. The topological polar surface area (TPSA) is 68.2 Å². The van der Waals surface area contributed by atoms with E-state index in [1.165, 1.54) is 0 Å². The van der Waals surface area contributed by atoms with Crippen molar-refractivity contribution < 1.29 is 4.52 Å². The molecule has 0 atom stereocenters. The van der Waals surface area contributed by atoms with Crippen LogP contribution in [-0.4, -0.2) is 22.1 Å². The Balaban J connectivity index is 1.66. The van der Waals surface area contributed by atoms with Gasteiger partial charge in [-0.15, -0.1) is 0 Å². The van der Waals surface area contributed by atoms with E-state index < -0.39 is 0 Å². The molecule has 2 N–H and O–H groups in total. The predicted octanol–water partition coefficient (Wildman–Crippen LogP) is 2.95. The molecule has 0 aliphatic rings. The van der Waals surface area contributed by atoms with E-state index >= 15 is 0 Å². The number of nitrogen functional groups attached to an aromatic ring is 1. The summed E-state index contributed by atoms with van der Waals surface area (Å²) >= 11 is 0. The number of hydrogen-bond donors (Lipinski definition) is 1. The van der Waals surface area contributed by atoms with Crippen LogP contribution in [0.1, 0.15) is 11.3 Å². The lowest BCUT2D eigenvalue weighted by Gasteiger charge is -2.15. The average molecular weight is 294 g/mol. The second kappa shape index (κ2) is 6.41. The van der Waals surface area contributed by atoms with Gasteiger partial charge in [0.25, 0.3) is 0 Å². The van der Waals surface area contributed by atoms with Crippen LogP contribution < -0.4 is 5.73 Å². The summed E-state index contributed by atoms with van der Waals surface area (Å²) in [4.78, 5) is 6.22. The summed E-state index contributed by atoms with van der Waals surface area (Å²) in [5, 5.41) is 4.13. The SMILES string of the molecule is CN(Cc1cc(-c2ccccc2)on1)Cc1cccnc1N. The highest BCUT2D eigenvalue weighted by atomic mass is 16.5. The highest BCUT2D eigenvalue weighted by Gasteiger charge is 2.10. The van der Waals surface area contributed by atoms with Gasteiger partial charge in [-0.3, -0.25) is 4.90 Å². The molecule has 5 nitrogen and oxygen atoms in total. The van der Waals surface area contributed by atoms with Crippen molar-refractivity contribution in [3.8, 4) is 11.3 Å². The van der Waals surface area contributed by atoms with Gasteiger partial charge in [0, 0.05) is 36.5 Å². The normalized spacial score (nSPS) is 11.0. The van der Waals surface area contributed by atoms with Gasteiger partial charge in [0.2, 0.25) is 0 Å². The second-order valence-corrected chi connectivity index (χ2v) is 5.27. The van der Waals surface area contributed by atoms with Crippen LogP contribution in [-0.2, 0) is 13.1 Å². The molecule has 0 saturated carbocycles. The number of nitrogens with zero attached hydrogens (tertiary/aromatic N) is 3. The first-order valence-corrected chi connectivity index (χ1v) is 7.11. The van der Waals surface area contributed by atoms with E-state index in [9.17, 15) is 0 Å². The van der Waals surface area contributed by atoms with Crippen LogP contribution in [0.25, 0.3) is 11.3 Å². The predicted molar refractivity (Wildman–Crippen MR) is 85.8 cm³/mol. The van der Waals surface area contributed by atoms with Crippen molar-refractivity contribution in [3.63, 3.8) is 0 Å². The molecule has 2 heterocycles. The molecule has 0 amide bonds. The van der Waals surface area contributed by atoms with Crippen LogP contribution in [0.3, 0.4) is 0 Å². The van der Waals surface area contributed by atoms with Gasteiger partial charge in [0.15, 0.2) is 5.76 Å². The van der Waals surface area contributed by atoms with Gasteiger partial charge in [-0.2, -0.15) is 0 Å². The van der Waals surface area contributed by atoms with E-state index in [0.29, 0.717) is 18.9 Å². The van der Waals surface area contributed by atoms with Crippen molar-refractivity contribution in [2.45, 2.75) is 13.1 Å². The number of benzene rings is 1. The molecule has 0 aliphatic carbocycles. The zero-order valence-electron chi connectivity index (χ0n) is 12.4. The molecule has 0 fully saturated rings. The molecule has 22 heavy (non-hydrogen) atoms. The summed E-state index contributed by atoms with van der Waals surface area (Å²) in [5.41, 5.74) is 8.80. The first-order chi connectivity index (χ1) is 10.7. The molecule has 0 radical (unpaired) electrons. The molecule has 0 spiro atoms. The highest BCUT2D eigenvalue weighted by Crippen LogP contribution is 2.20. The molecular formula is C17H18N4O. The molecule has 112 valence electrons. The first-order valence-electron chi connectivity index (χ1n) is 7.11. The van der Waals surface area contributed by atoms with Crippen LogP contribution >= 0.6 is 0 Å². The number of anilines is 1. The summed E-state index contributed by atoms with van der Waals surface area (Å²) in [6.07, 6.45) is 1.70. The van der Waals surface area contributed by atoms with Crippen LogP contribution in [0.15, 0.2) is 59.3 Å². The minimum absolute atomic E-state index is 0.569. The third kappa shape index (κ3) is 3.32. The Kier molecular flexibility index (Phi) is 4.16. The number of nitrogens with two attached hydrogens (primary N) is 1. The van der Waals surface area contributed by atoms with Crippen LogP contribution in [0, 0.1) is 0 Å². The van der Waals surface area contributed by atoms with E-state index in [0.717, 1.165) is 22.6 Å². The molecule has 3 aromatic rings. The van der Waals surface area contributed by atoms with Crippen molar-refractivity contribution in [3.05, 3.63) is 66.0 Å². The van der Waals surface area contributed by atoms with Gasteiger partial charge >= 0.3 is 0 Å². The van der Waals surface area contributed by atoms with E-state index in [1.807, 2.05) is 55.6 Å². The van der Waals surface area contributed by atoms with Gasteiger partial charge < -0.3 is 10.3 Å². The molecule has 0 bridgehead atoms. The maximum atomic E-state index is 5.87. The number of pyridine rings is 1. The molecule has 2 aromatic heterocycles. The van der Waals surface area contributed by atoms with Crippen molar-refractivity contribution in [1.82, 2.24) is 15.0 Å². The number of aromatic nitrogens is 2. The summed E-state index contributed by atoms with van der Waals surface area (Å²) in [5.74, 6) is 1.35. The van der Waals surface area contributed by atoms with Crippen LogP contribution in [0.5, 0.6) is 0 Å². The fourth-order valence-electron chi connectivity index (χ4n) is 2.33. The minimum atomic E-state index is 0.569. The lowest BCUT2D eigenvalue weighted by Crippen LogP contribution is -2.18. The first kappa shape index (κ1) is 14.3. The Morgan fingerprint density at radius 3 is 2.68 bits per heavy atom. The van der Waals surface area contributed by atoms with Gasteiger partial charge in [-0.1, -0.05) is 41.6 Å². The smallest absolute Gasteiger partial charge is 0.167 e. The molecule has 3 rings (SSSR count). The van der Waals surface area contributed by atoms with Gasteiger partial charge in [-0.05, 0) is 13.1 Å². The maximum Gasteiger partial charge on any atom is 0.167 e. The van der Waals surface area contributed by atoms with E-state index in [1.54, 1.807) is 6.20 Å². The monoisotopic (exact) mass is 294 g/mol. The summed E-state index contributed by atoms with van der Waals surface area (Å²) in [6, 6.07) is 15.8. The second-order valence-electron chi connectivity index (χ2n) is 5.27. The van der Waals surface area contributed by atoms with E-state index in [-0.39, 0.29) is 0 Å². The largest absolute Gasteiger partial charge is 0.383 e. The van der Waals surface area contributed by atoms with Gasteiger partial charge in [-0.25, -0.2) is 4.98 Å². The van der Waals surface area contributed by atoms with Crippen LogP contribution in [0.4, 0.5) is 5.82 Å². The zero-order valence-corrected chi connectivity index (χ0v) is 12.4. The van der Waals surface area contributed by atoms with E-state index in [4.69, 9.17) is 10.3 Å². The molecule has 0 aliphatic heterocycles. The lowest BCUT2D eigenvalue weighted by molar-refractivity contribution is 0.304. The highest BCUT2D eigenvalue weighted by molar-refractivity contribution is 5.56. The Hall–Kier alpha value is -2.66. The molecule has 0 unspecified atom stereocenters. The standard InChI is InChI=1S/C17H18N4O/c1-21(11-14-8-5-9-19-17(14)18)12-15-10-16(22-20-15)13-6-3-2-4-7-13/h2-10H,11-12H2,1H3,(H2,18,19). The molecule has 5 heteroatoms. The summed E-state index contributed by atoms with van der Waals surface area (Å²) in [7, 11) is 2.02. The van der Waals surface area contributed by atoms with Gasteiger partial charge in [0.05, 0.1) is 5.69 Å². The number of hydrogen-bond acceptors (Lipinski definition) is 5. The minimum Gasteiger partial charge on any atom is -0.383 e. The average Bonchev–Trinajstić information content (AvgIpc) is 2.99. The van der Waals surface area contributed by atoms with Crippen molar-refractivity contribution >= 4 is 5.82 Å². The maximum absolute atomic E-state index is 5.87. The Morgan fingerprint density at radius 2 is 1.91 bits per heavy atom. The summed E-state index contributed by atoms with van der Waals surface area (Å²) in [6.45, 7) is 1.40. The fourth-order valence-corrected chi connectivity index (χ4v) is 2.33. The third-order valence-corrected chi connectivity index (χ3v) is 3.42. The lowest BCUT2D eigenvalue weighted by atomic mass is 10.1. The summed E-state index contributed by atoms with van der Waals surface area (Å²) < 4.78 is 5.41. The quantitative estimate of drug-likeness (QED) is 0.783. The zero-order chi connectivity index (χ0) is 15.4. The Labute approximate surface area is 129 Å². The van der Waals surface area contributed by atoms with Crippen molar-refractivity contribution in [1.29, 1.82) is 0 Å². The van der Waals surface area contributed by atoms with Gasteiger partial charge in [0.1, 0.15) is 5.82 Å².